The molecular formula is C20H21N3O4S. The number of amides is 2. The van der Waals surface area contributed by atoms with Crippen LogP contribution in [0.25, 0.3) is 6.08 Å². The first-order valence-electron chi connectivity index (χ1n) is 9.17. The number of non-ortho nitro benzene ring substituents is 1. The molecule has 7 nitrogen and oxygen atoms in total. The molecule has 0 spiro atoms. The van der Waals surface area contributed by atoms with Gasteiger partial charge in [0.2, 0.25) is 0 Å². The number of hydrazine groups is 1. The standard InChI is InChI=1S/C20H21N3O4S/c24-19(11-10-14-6-5-8-16(12-14)23(26)27)21-22-20(25)18-13-15-7-3-1-2-4-9-17(15)28-18/h5-6,8,10-13H,1-4,7,9H2,(H,21,24)(H,22,25)/b11-10+. The summed E-state index contributed by atoms with van der Waals surface area (Å²) >= 11 is 1.49. The number of nitrogens with zero attached hydrogens (tertiary/aromatic N) is 1. The highest BCUT2D eigenvalue weighted by molar-refractivity contribution is 7.14. The molecule has 2 N–H and O–H groups in total. The molecule has 2 aromatic rings. The number of benzene rings is 1. The molecule has 28 heavy (non-hydrogen) atoms. The highest BCUT2D eigenvalue weighted by atomic mass is 32.1. The second-order valence-corrected chi connectivity index (χ2v) is 7.74. The number of nitro groups is 1. The minimum Gasteiger partial charge on any atom is -0.268 e. The molecular weight excluding hydrogens is 378 g/mol. The molecule has 1 aliphatic carbocycles. The van der Waals surface area contributed by atoms with Gasteiger partial charge < -0.3 is 0 Å². The highest BCUT2D eigenvalue weighted by Crippen LogP contribution is 2.28. The van der Waals surface area contributed by atoms with Gasteiger partial charge >= 0.3 is 0 Å². The summed E-state index contributed by atoms with van der Waals surface area (Å²) in [6.45, 7) is 0. The average Bonchev–Trinajstić information content (AvgIpc) is 3.06. The fourth-order valence-electron chi connectivity index (χ4n) is 3.09. The van der Waals surface area contributed by atoms with Crippen LogP contribution in [-0.4, -0.2) is 16.7 Å². The van der Waals surface area contributed by atoms with Crippen molar-refractivity contribution in [2.75, 3.05) is 0 Å². The maximum Gasteiger partial charge on any atom is 0.279 e. The van der Waals surface area contributed by atoms with Crippen LogP contribution in [0.15, 0.2) is 36.4 Å². The van der Waals surface area contributed by atoms with E-state index in [0.717, 1.165) is 25.7 Å². The van der Waals surface area contributed by atoms with Gasteiger partial charge in [0, 0.05) is 23.1 Å². The third kappa shape index (κ3) is 5.26. The second-order valence-electron chi connectivity index (χ2n) is 6.60. The summed E-state index contributed by atoms with van der Waals surface area (Å²) < 4.78 is 0. The molecule has 0 saturated heterocycles. The predicted molar refractivity (Wildman–Crippen MR) is 108 cm³/mol. The zero-order valence-electron chi connectivity index (χ0n) is 15.3. The van der Waals surface area contributed by atoms with E-state index in [1.165, 1.54) is 58.9 Å². The molecule has 1 aliphatic rings. The minimum atomic E-state index is -0.519. The van der Waals surface area contributed by atoms with E-state index in [4.69, 9.17) is 0 Å². The number of carbonyl (C=O) groups is 2. The molecule has 0 saturated carbocycles. The van der Waals surface area contributed by atoms with Gasteiger partial charge in [-0.2, -0.15) is 0 Å². The number of aryl methyl sites for hydroxylation is 2. The van der Waals surface area contributed by atoms with Crippen molar-refractivity contribution in [1.29, 1.82) is 0 Å². The molecule has 0 radical (unpaired) electrons. The van der Waals surface area contributed by atoms with Crippen molar-refractivity contribution in [3.8, 4) is 0 Å². The van der Waals surface area contributed by atoms with Gasteiger partial charge in [0.1, 0.15) is 0 Å². The van der Waals surface area contributed by atoms with Gasteiger partial charge in [0.05, 0.1) is 9.80 Å². The summed E-state index contributed by atoms with van der Waals surface area (Å²) in [7, 11) is 0. The summed E-state index contributed by atoms with van der Waals surface area (Å²) in [6, 6.07) is 7.86. The van der Waals surface area contributed by atoms with Gasteiger partial charge in [-0.15, -0.1) is 11.3 Å². The molecule has 0 fully saturated rings. The van der Waals surface area contributed by atoms with Crippen molar-refractivity contribution in [3.05, 3.63) is 67.4 Å². The van der Waals surface area contributed by atoms with E-state index in [9.17, 15) is 19.7 Å². The van der Waals surface area contributed by atoms with Gasteiger partial charge in [-0.1, -0.05) is 25.0 Å². The molecule has 146 valence electrons. The zero-order chi connectivity index (χ0) is 19.9. The van der Waals surface area contributed by atoms with Crippen molar-refractivity contribution >= 4 is 34.9 Å². The van der Waals surface area contributed by atoms with E-state index in [0.29, 0.717) is 10.4 Å². The van der Waals surface area contributed by atoms with Crippen LogP contribution in [0.3, 0.4) is 0 Å². The van der Waals surface area contributed by atoms with E-state index in [2.05, 4.69) is 10.9 Å². The van der Waals surface area contributed by atoms with Crippen molar-refractivity contribution in [2.24, 2.45) is 0 Å². The molecule has 0 atom stereocenters. The van der Waals surface area contributed by atoms with Gasteiger partial charge in [-0.3, -0.25) is 30.6 Å². The Bertz CT molecular complexity index is 894. The molecule has 8 heteroatoms. The number of hydrogen-bond donors (Lipinski definition) is 2. The van der Waals surface area contributed by atoms with E-state index < -0.39 is 10.8 Å². The Balaban J connectivity index is 1.55. The van der Waals surface area contributed by atoms with E-state index >= 15 is 0 Å². The Labute approximate surface area is 166 Å². The predicted octanol–water partition coefficient (Wildman–Crippen LogP) is 3.79. The fraction of sp³-hybridized carbons (Fsp3) is 0.300. The molecule has 0 unspecified atom stereocenters. The number of nitrogens with one attached hydrogen (secondary N) is 2. The number of thiophene rings is 1. The lowest BCUT2D eigenvalue weighted by molar-refractivity contribution is -0.384. The normalized spacial score (nSPS) is 14.0. The summed E-state index contributed by atoms with van der Waals surface area (Å²) in [5, 5.41) is 10.8. The monoisotopic (exact) mass is 399 g/mol. The van der Waals surface area contributed by atoms with Crippen LogP contribution in [0.2, 0.25) is 0 Å². The number of hydrogen-bond acceptors (Lipinski definition) is 5. The van der Waals surface area contributed by atoms with Gasteiger partial charge in [-0.05, 0) is 49.0 Å². The SMILES string of the molecule is O=C(/C=C/c1cccc([N+](=O)[O-])c1)NNC(=O)c1cc2c(s1)CCCCCC2. The van der Waals surface area contributed by atoms with Crippen LogP contribution >= 0.6 is 11.3 Å². The van der Waals surface area contributed by atoms with E-state index in [1.54, 1.807) is 12.1 Å². The lowest BCUT2D eigenvalue weighted by Crippen LogP contribution is -2.40. The van der Waals surface area contributed by atoms with Crippen LogP contribution in [-0.2, 0) is 17.6 Å². The van der Waals surface area contributed by atoms with Crippen molar-refractivity contribution in [3.63, 3.8) is 0 Å². The topological polar surface area (TPSA) is 101 Å². The second kappa shape index (κ2) is 9.27. The summed E-state index contributed by atoms with van der Waals surface area (Å²) in [5.74, 6) is -0.858. The van der Waals surface area contributed by atoms with Crippen molar-refractivity contribution in [2.45, 2.75) is 38.5 Å². The van der Waals surface area contributed by atoms with Crippen LogP contribution in [0, 0.1) is 10.1 Å². The van der Waals surface area contributed by atoms with Crippen LogP contribution in [0.1, 0.15) is 51.4 Å². The Kier molecular flexibility index (Phi) is 6.54. The number of rotatable bonds is 4. The van der Waals surface area contributed by atoms with Crippen molar-refractivity contribution < 1.29 is 14.5 Å². The zero-order valence-corrected chi connectivity index (χ0v) is 16.1. The molecule has 1 aromatic carbocycles. The first kappa shape index (κ1) is 19.8. The summed E-state index contributed by atoms with van der Waals surface area (Å²) in [5.41, 5.74) is 6.47. The van der Waals surface area contributed by atoms with E-state index in [-0.39, 0.29) is 11.6 Å². The van der Waals surface area contributed by atoms with Crippen LogP contribution < -0.4 is 10.9 Å². The highest BCUT2D eigenvalue weighted by Gasteiger charge is 2.16. The third-order valence-corrected chi connectivity index (χ3v) is 5.76. The maximum atomic E-state index is 12.3. The van der Waals surface area contributed by atoms with E-state index in [1.807, 2.05) is 6.07 Å². The average molecular weight is 399 g/mol. The van der Waals surface area contributed by atoms with Gasteiger partial charge in [-0.25, -0.2) is 0 Å². The Morgan fingerprint density at radius 2 is 1.86 bits per heavy atom. The van der Waals surface area contributed by atoms with Crippen LogP contribution in [0.5, 0.6) is 0 Å². The minimum absolute atomic E-state index is 0.0517. The number of carbonyl (C=O) groups excluding carboxylic acids is 2. The largest absolute Gasteiger partial charge is 0.279 e. The molecule has 1 heterocycles. The Morgan fingerprint density at radius 1 is 1.07 bits per heavy atom. The lowest BCUT2D eigenvalue weighted by Gasteiger charge is -2.07. The first-order chi connectivity index (χ1) is 13.5. The van der Waals surface area contributed by atoms with Crippen molar-refractivity contribution in [1.82, 2.24) is 10.9 Å². The molecule has 0 aliphatic heterocycles. The fourth-order valence-corrected chi connectivity index (χ4v) is 4.24. The summed E-state index contributed by atoms with van der Waals surface area (Å²) in [4.78, 5) is 36.4. The first-order valence-corrected chi connectivity index (χ1v) is 9.99. The molecule has 2 amide bonds. The smallest absolute Gasteiger partial charge is 0.268 e. The summed E-state index contributed by atoms with van der Waals surface area (Å²) in [6.07, 6.45) is 9.41. The number of fused-ring (bicyclic) bond motifs is 1. The number of nitro benzene ring substituents is 1. The lowest BCUT2D eigenvalue weighted by atomic mass is 10.00. The molecule has 1 aromatic heterocycles. The third-order valence-electron chi connectivity index (χ3n) is 4.53. The van der Waals surface area contributed by atoms with Gasteiger partial charge in [0.25, 0.3) is 17.5 Å². The molecule has 0 bridgehead atoms. The maximum absolute atomic E-state index is 12.3. The molecule has 3 rings (SSSR count). The Morgan fingerprint density at radius 3 is 2.64 bits per heavy atom. The van der Waals surface area contributed by atoms with Crippen LogP contribution in [0.4, 0.5) is 5.69 Å². The Hall–Kier alpha value is -3.00. The quantitative estimate of drug-likeness (QED) is 0.464. The van der Waals surface area contributed by atoms with Gasteiger partial charge in [0.15, 0.2) is 0 Å².